The van der Waals surface area contributed by atoms with E-state index in [1.54, 1.807) is 4.90 Å². The first-order chi connectivity index (χ1) is 14.7. The lowest BCUT2D eigenvalue weighted by atomic mass is 9.83. The highest BCUT2D eigenvalue weighted by molar-refractivity contribution is 5.69. The summed E-state index contributed by atoms with van der Waals surface area (Å²) in [6.45, 7) is 1.41. The minimum absolute atomic E-state index is 0.0345. The Labute approximate surface area is 178 Å². The summed E-state index contributed by atoms with van der Waals surface area (Å²) in [4.78, 5) is 14.0. The Morgan fingerprint density at radius 3 is 2.60 bits per heavy atom. The second-order valence-electron chi connectivity index (χ2n) is 9.03. The molecule has 5 nitrogen and oxygen atoms in total. The van der Waals surface area contributed by atoms with Gasteiger partial charge in [-0.1, -0.05) is 48.5 Å². The Hall–Kier alpha value is -2.53. The molecule has 1 amide bonds. The molecule has 0 saturated heterocycles. The molecule has 3 aliphatic rings. The molecule has 0 bridgehead atoms. The van der Waals surface area contributed by atoms with Gasteiger partial charge in [0, 0.05) is 30.3 Å². The van der Waals surface area contributed by atoms with E-state index in [4.69, 9.17) is 4.74 Å². The van der Waals surface area contributed by atoms with Gasteiger partial charge < -0.3 is 15.2 Å². The van der Waals surface area contributed by atoms with Crippen LogP contribution in [-0.4, -0.2) is 34.8 Å². The molecule has 4 atom stereocenters. The van der Waals surface area contributed by atoms with E-state index in [0.29, 0.717) is 24.5 Å². The monoisotopic (exact) mass is 406 g/mol. The van der Waals surface area contributed by atoms with Crippen LogP contribution in [0.1, 0.15) is 49.3 Å². The van der Waals surface area contributed by atoms with Crippen molar-refractivity contribution in [3.05, 3.63) is 65.7 Å². The minimum Gasteiger partial charge on any atom is -0.465 e. The van der Waals surface area contributed by atoms with Crippen molar-refractivity contribution >= 4 is 11.8 Å². The number of rotatable bonds is 7. The summed E-state index contributed by atoms with van der Waals surface area (Å²) >= 11 is 0. The molecule has 1 aliphatic heterocycles. The summed E-state index contributed by atoms with van der Waals surface area (Å²) in [5.41, 5.74) is 3.46. The van der Waals surface area contributed by atoms with Crippen molar-refractivity contribution < 1.29 is 14.6 Å². The van der Waals surface area contributed by atoms with Crippen LogP contribution in [0.25, 0.3) is 0 Å². The molecule has 2 aliphatic carbocycles. The number of benzene rings is 2. The fourth-order valence-corrected chi connectivity index (χ4v) is 5.47. The fourth-order valence-electron chi connectivity index (χ4n) is 5.47. The van der Waals surface area contributed by atoms with E-state index in [1.807, 2.05) is 30.3 Å². The van der Waals surface area contributed by atoms with Gasteiger partial charge in [-0.15, -0.1) is 0 Å². The molecule has 2 fully saturated rings. The number of nitrogens with one attached hydrogen (secondary N) is 1. The van der Waals surface area contributed by atoms with Crippen molar-refractivity contribution in [1.29, 1.82) is 0 Å². The molecule has 2 aromatic rings. The third kappa shape index (κ3) is 3.91. The van der Waals surface area contributed by atoms with Crippen LogP contribution in [0.4, 0.5) is 10.5 Å². The average Bonchev–Trinajstić information content (AvgIpc) is 3.50. The molecule has 1 unspecified atom stereocenters. The lowest BCUT2D eigenvalue weighted by molar-refractivity contribution is 0.0913. The van der Waals surface area contributed by atoms with E-state index in [9.17, 15) is 9.90 Å². The van der Waals surface area contributed by atoms with Crippen molar-refractivity contribution in [3.63, 3.8) is 0 Å². The van der Waals surface area contributed by atoms with Crippen LogP contribution >= 0.6 is 0 Å². The molecule has 1 heterocycles. The molecule has 0 aromatic heterocycles. The molecule has 5 rings (SSSR count). The number of para-hydroxylation sites is 1. The number of hydrogen-bond donors (Lipinski definition) is 2. The molecule has 158 valence electrons. The number of hydrogen-bond acceptors (Lipinski definition) is 3. The summed E-state index contributed by atoms with van der Waals surface area (Å²) in [6, 6.07) is 19.1. The van der Waals surface area contributed by atoms with E-state index in [0.717, 1.165) is 50.0 Å². The second kappa shape index (κ2) is 8.31. The Morgan fingerprint density at radius 2 is 1.83 bits per heavy atom. The number of fused-ring (bicyclic) bond motifs is 2. The molecule has 2 aromatic carbocycles. The van der Waals surface area contributed by atoms with Crippen LogP contribution in [0, 0.1) is 11.8 Å². The molecular formula is C25H30N2O3. The van der Waals surface area contributed by atoms with Crippen LogP contribution in [0.15, 0.2) is 54.6 Å². The zero-order valence-electron chi connectivity index (χ0n) is 17.2. The molecule has 2 N–H and O–H groups in total. The van der Waals surface area contributed by atoms with Crippen LogP contribution in [0.5, 0.6) is 0 Å². The van der Waals surface area contributed by atoms with Gasteiger partial charge in [-0.2, -0.15) is 0 Å². The Morgan fingerprint density at radius 1 is 1.07 bits per heavy atom. The molecule has 30 heavy (non-hydrogen) atoms. The lowest BCUT2D eigenvalue weighted by Gasteiger charge is -2.42. The van der Waals surface area contributed by atoms with E-state index >= 15 is 0 Å². The van der Waals surface area contributed by atoms with Crippen molar-refractivity contribution in [2.24, 2.45) is 11.8 Å². The van der Waals surface area contributed by atoms with E-state index in [2.05, 4.69) is 29.6 Å². The van der Waals surface area contributed by atoms with Gasteiger partial charge >= 0.3 is 6.09 Å². The van der Waals surface area contributed by atoms with Crippen LogP contribution in [0.3, 0.4) is 0 Å². The largest absolute Gasteiger partial charge is 0.465 e. The smallest absolute Gasteiger partial charge is 0.408 e. The van der Waals surface area contributed by atoms with E-state index in [1.165, 1.54) is 5.56 Å². The van der Waals surface area contributed by atoms with Gasteiger partial charge in [-0.05, 0) is 55.2 Å². The Bertz CT molecular complexity index is 883. The number of carbonyl (C=O) groups is 1. The number of amides is 1. The van der Waals surface area contributed by atoms with Gasteiger partial charge in [0.25, 0.3) is 0 Å². The van der Waals surface area contributed by atoms with E-state index in [-0.39, 0.29) is 12.1 Å². The predicted molar refractivity (Wildman–Crippen MR) is 116 cm³/mol. The molecule has 2 saturated carbocycles. The van der Waals surface area contributed by atoms with Crippen LogP contribution in [0.2, 0.25) is 0 Å². The van der Waals surface area contributed by atoms with Crippen LogP contribution in [-0.2, 0) is 11.3 Å². The minimum atomic E-state index is -0.771. The van der Waals surface area contributed by atoms with Crippen molar-refractivity contribution in [2.75, 3.05) is 11.9 Å². The first kappa shape index (κ1) is 19.4. The molecule has 5 heteroatoms. The van der Waals surface area contributed by atoms with Crippen molar-refractivity contribution in [2.45, 2.75) is 56.8 Å². The first-order valence-electron chi connectivity index (χ1n) is 11.2. The SMILES string of the molecule is O=C(O)N(C1CC1)[C@H]1c2ccccc2N[C@@H]2CC(CCOCc3ccccc3)C[C@@H]21. The average molecular weight is 407 g/mol. The quantitative estimate of drug-likeness (QED) is 0.613. The highest BCUT2D eigenvalue weighted by Crippen LogP contribution is 2.51. The highest BCUT2D eigenvalue weighted by Gasteiger charge is 2.49. The second-order valence-corrected chi connectivity index (χ2v) is 9.03. The third-order valence-electron chi connectivity index (χ3n) is 6.98. The number of carboxylic acid groups (broad SMARTS) is 1. The maximum atomic E-state index is 12.2. The summed E-state index contributed by atoms with van der Waals surface area (Å²) in [6.07, 6.45) is 4.39. The fraction of sp³-hybridized carbons (Fsp3) is 0.480. The van der Waals surface area contributed by atoms with Crippen LogP contribution < -0.4 is 5.32 Å². The van der Waals surface area contributed by atoms with Gasteiger partial charge in [0.2, 0.25) is 0 Å². The highest BCUT2D eigenvalue weighted by atomic mass is 16.5. The number of nitrogens with zero attached hydrogens (tertiary/aromatic N) is 1. The summed E-state index contributed by atoms with van der Waals surface area (Å²) < 4.78 is 5.93. The topological polar surface area (TPSA) is 61.8 Å². The normalized spacial score (nSPS) is 27.1. The van der Waals surface area contributed by atoms with Gasteiger partial charge in [0.1, 0.15) is 0 Å². The van der Waals surface area contributed by atoms with Crippen molar-refractivity contribution in [1.82, 2.24) is 4.90 Å². The third-order valence-corrected chi connectivity index (χ3v) is 6.98. The molecule has 0 spiro atoms. The molecule has 0 radical (unpaired) electrons. The summed E-state index contributed by atoms with van der Waals surface area (Å²) in [7, 11) is 0. The standard InChI is InChI=1S/C25H30N2O3/c28-25(29)27(19-10-11-19)24-20-8-4-5-9-22(20)26-23-15-18(14-21(23)24)12-13-30-16-17-6-2-1-3-7-17/h1-9,18-19,21,23-24,26H,10-16H2,(H,28,29)/t18?,21-,23+,24-/m0/s1. The van der Waals surface area contributed by atoms with Crippen molar-refractivity contribution in [3.8, 4) is 0 Å². The first-order valence-corrected chi connectivity index (χ1v) is 11.2. The maximum absolute atomic E-state index is 12.2. The van der Waals surface area contributed by atoms with E-state index < -0.39 is 6.09 Å². The maximum Gasteiger partial charge on any atom is 0.408 e. The van der Waals surface area contributed by atoms with Gasteiger partial charge in [-0.25, -0.2) is 4.79 Å². The zero-order valence-corrected chi connectivity index (χ0v) is 17.2. The Kier molecular flexibility index (Phi) is 5.38. The number of anilines is 1. The van der Waals surface area contributed by atoms with Gasteiger partial charge in [0.15, 0.2) is 0 Å². The van der Waals surface area contributed by atoms with Gasteiger partial charge in [-0.3, -0.25) is 4.90 Å². The van der Waals surface area contributed by atoms with Gasteiger partial charge in [0.05, 0.1) is 12.6 Å². The summed E-state index contributed by atoms with van der Waals surface area (Å²) in [5, 5.41) is 13.7. The zero-order chi connectivity index (χ0) is 20.5. The number of ether oxygens (including phenoxy) is 1. The molecular weight excluding hydrogens is 376 g/mol. The Balaban J connectivity index is 1.27. The predicted octanol–water partition coefficient (Wildman–Crippen LogP) is 5.30. The summed E-state index contributed by atoms with van der Waals surface area (Å²) in [5.74, 6) is 0.894. The lowest BCUT2D eigenvalue weighted by Crippen LogP contribution is -2.45.